The summed E-state index contributed by atoms with van der Waals surface area (Å²) in [5, 5.41) is 41.2. The van der Waals surface area contributed by atoms with Gasteiger partial charge in [-0.3, -0.25) is 25.0 Å². The van der Waals surface area contributed by atoms with E-state index in [9.17, 15) is 34.9 Å². The Labute approximate surface area is 202 Å². The molecular weight excluding hydrogens is 470 g/mol. The van der Waals surface area contributed by atoms with Crippen molar-refractivity contribution in [2.24, 2.45) is 5.10 Å². The van der Waals surface area contributed by atoms with Crippen molar-refractivity contribution in [1.29, 1.82) is 0 Å². The summed E-state index contributed by atoms with van der Waals surface area (Å²) in [5.41, 5.74) is 0.0265. The van der Waals surface area contributed by atoms with E-state index in [1.54, 1.807) is 30.3 Å². The fourth-order valence-electron chi connectivity index (χ4n) is 4.23. The van der Waals surface area contributed by atoms with E-state index < -0.39 is 27.6 Å². The lowest BCUT2D eigenvalue weighted by molar-refractivity contribution is -0.385. The maximum atomic E-state index is 13.5. The molecule has 12 nitrogen and oxygen atoms in total. The van der Waals surface area contributed by atoms with E-state index in [1.807, 2.05) is 0 Å². The summed E-state index contributed by atoms with van der Waals surface area (Å²) in [6.45, 7) is 0. The smallest absolute Gasteiger partial charge is 0.354 e. The molecule has 0 bridgehead atoms. The standard InChI is InChI=1S/C24H15N5O7/c30-23-17-12-16(29(35)36)9-10-18(17)25-20-19(13-5-2-1-3-6-13)22(24(31)32)27(26-21(20)23)14-7-4-8-15(11-14)28(33)34/h1-12,20,25H,(H,31,32). The lowest BCUT2D eigenvalue weighted by Gasteiger charge is -2.37. The lowest BCUT2D eigenvalue weighted by Crippen LogP contribution is -2.47. The topological polar surface area (TPSA) is 168 Å². The molecule has 5 rings (SSSR count). The highest BCUT2D eigenvalue weighted by molar-refractivity contribution is 6.53. The van der Waals surface area contributed by atoms with Crippen molar-refractivity contribution in [1.82, 2.24) is 0 Å². The normalized spacial score (nSPS) is 16.4. The first-order chi connectivity index (χ1) is 17.3. The first-order valence-electron chi connectivity index (χ1n) is 10.5. The number of benzene rings is 3. The van der Waals surface area contributed by atoms with Gasteiger partial charge in [0.05, 0.1) is 21.1 Å². The molecule has 3 aromatic rings. The Kier molecular flexibility index (Phi) is 5.25. The van der Waals surface area contributed by atoms with Crippen LogP contribution in [-0.2, 0) is 4.79 Å². The molecule has 2 heterocycles. The third-order valence-corrected chi connectivity index (χ3v) is 5.80. The summed E-state index contributed by atoms with van der Waals surface area (Å²) in [5.74, 6) is -2.00. The lowest BCUT2D eigenvalue weighted by atomic mass is 9.84. The second-order valence-electron chi connectivity index (χ2n) is 7.90. The SMILES string of the molecule is O=C(O)C1=C(c2ccccc2)C2Nc3ccc([N+](=O)[O-])cc3C(=O)C2=NN1c1cccc([N+](=O)[O-])c1. The molecule has 178 valence electrons. The number of nitrogens with zero attached hydrogens (tertiary/aromatic N) is 4. The number of Topliss-reactive ketones (excluding diaryl/α,β-unsaturated/α-hetero) is 1. The van der Waals surface area contributed by atoms with E-state index in [0.29, 0.717) is 5.56 Å². The van der Waals surface area contributed by atoms with Gasteiger partial charge >= 0.3 is 5.97 Å². The molecule has 0 aliphatic carbocycles. The van der Waals surface area contributed by atoms with E-state index in [1.165, 1.54) is 30.3 Å². The average Bonchev–Trinajstić information content (AvgIpc) is 2.88. The summed E-state index contributed by atoms with van der Waals surface area (Å²) in [6, 6.07) is 16.5. The zero-order valence-corrected chi connectivity index (χ0v) is 18.2. The Hall–Kier alpha value is -5.39. The minimum Gasteiger partial charge on any atom is -0.476 e. The maximum absolute atomic E-state index is 13.5. The van der Waals surface area contributed by atoms with Gasteiger partial charge in [-0.05, 0) is 17.7 Å². The highest BCUT2D eigenvalue weighted by atomic mass is 16.6. The fraction of sp³-hybridized carbons (Fsp3) is 0.0417. The Morgan fingerprint density at radius 3 is 2.31 bits per heavy atom. The number of fused-ring (bicyclic) bond motifs is 2. The van der Waals surface area contributed by atoms with Gasteiger partial charge in [0, 0.05) is 35.5 Å². The molecule has 0 saturated carbocycles. The van der Waals surface area contributed by atoms with Crippen molar-refractivity contribution < 1.29 is 24.5 Å². The van der Waals surface area contributed by atoms with Gasteiger partial charge in [0.25, 0.3) is 11.4 Å². The molecule has 1 atom stereocenters. The number of hydrazone groups is 1. The number of nitrogens with one attached hydrogen (secondary N) is 1. The van der Waals surface area contributed by atoms with Crippen LogP contribution in [0.15, 0.2) is 83.6 Å². The highest BCUT2D eigenvalue weighted by Gasteiger charge is 2.43. The molecule has 0 saturated heterocycles. The number of ketones is 1. The van der Waals surface area contributed by atoms with Gasteiger partial charge in [-0.25, -0.2) is 9.80 Å². The van der Waals surface area contributed by atoms with Crippen molar-refractivity contribution in [2.75, 3.05) is 10.3 Å². The van der Waals surface area contributed by atoms with Crippen LogP contribution >= 0.6 is 0 Å². The minimum atomic E-state index is -1.37. The van der Waals surface area contributed by atoms with Gasteiger partial charge in [-0.15, -0.1) is 0 Å². The Morgan fingerprint density at radius 1 is 0.944 bits per heavy atom. The number of carboxylic acids is 1. The van der Waals surface area contributed by atoms with Crippen LogP contribution in [0.1, 0.15) is 15.9 Å². The quantitative estimate of drug-likeness (QED) is 0.403. The minimum absolute atomic E-state index is 0.00405. The predicted molar refractivity (Wildman–Crippen MR) is 129 cm³/mol. The van der Waals surface area contributed by atoms with Gasteiger partial charge in [-0.2, -0.15) is 5.10 Å². The van der Waals surface area contributed by atoms with E-state index in [-0.39, 0.29) is 45.3 Å². The molecule has 2 aliphatic rings. The monoisotopic (exact) mass is 485 g/mol. The van der Waals surface area contributed by atoms with E-state index in [0.717, 1.165) is 17.1 Å². The van der Waals surface area contributed by atoms with Crippen LogP contribution in [0.3, 0.4) is 0 Å². The molecule has 12 heteroatoms. The Balaban J connectivity index is 1.78. The highest BCUT2D eigenvalue weighted by Crippen LogP contribution is 2.39. The first kappa shape index (κ1) is 22.4. The van der Waals surface area contributed by atoms with Crippen molar-refractivity contribution in [3.63, 3.8) is 0 Å². The van der Waals surface area contributed by atoms with Gasteiger partial charge in [0.15, 0.2) is 5.70 Å². The van der Waals surface area contributed by atoms with E-state index >= 15 is 0 Å². The van der Waals surface area contributed by atoms with Crippen LogP contribution in [0.25, 0.3) is 5.57 Å². The van der Waals surface area contributed by atoms with Crippen LogP contribution < -0.4 is 10.3 Å². The van der Waals surface area contributed by atoms with Crippen molar-refractivity contribution >= 4 is 45.8 Å². The van der Waals surface area contributed by atoms with Gasteiger partial charge in [0.1, 0.15) is 11.8 Å². The van der Waals surface area contributed by atoms with Crippen LogP contribution in [0.4, 0.5) is 22.7 Å². The number of hydrogen-bond acceptors (Lipinski definition) is 9. The summed E-state index contributed by atoms with van der Waals surface area (Å²) in [4.78, 5) is 47.5. The van der Waals surface area contributed by atoms with Gasteiger partial charge in [-0.1, -0.05) is 36.4 Å². The zero-order chi connectivity index (χ0) is 25.6. The first-order valence-corrected chi connectivity index (χ1v) is 10.5. The molecule has 0 spiro atoms. The number of carboxylic acid groups (broad SMARTS) is 1. The molecule has 2 N–H and O–H groups in total. The molecular formula is C24H15N5O7. The number of carbonyl (C=O) groups excluding carboxylic acids is 1. The number of nitro benzene ring substituents is 2. The molecule has 36 heavy (non-hydrogen) atoms. The number of hydrogen-bond donors (Lipinski definition) is 2. The Bertz CT molecular complexity index is 1530. The molecule has 0 radical (unpaired) electrons. The second kappa shape index (κ2) is 8.43. The summed E-state index contributed by atoms with van der Waals surface area (Å²) >= 11 is 0. The summed E-state index contributed by atoms with van der Waals surface area (Å²) in [6.07, 6.45) is 0. The van der Waals surface area contributed by atoms with Crippen LogP contribution in [0.5, 0.6) is 0 Å². The van der Waals surface area contributed by atoms with Crippen LogP contribution in [0.2, 0.25) is 0 Å². The molecule has 3 aromatic carbocycles. The number of carbonyl (C=O) groups is 2. The van der Waals surface area contributed by atoms with Crippen molar-refractivity contribution in [2.45, 2.75) is 6.04 Å². The van der Waals surface area contributed by atoms with Crippen molar-refractivity contribution in [3.8, 4) is 0 Å². The van der Waals surface area contributed by atoms with E-state index in [2.05, 4.69) is 10.4 Å². The summed E-state index contributed by atoms with van der Waals surface area (Å²) < 4.78 is 0. The maximum Gasteiger partial charge on any atom is 0.354 e. The number of rotatable bonds is 5. The number of nitro groups is 2. The van der Waals surface area contributed by atoms with Crippen LogP contribution in [0, 0.1) is 20.2 Å². The number of non-ortho nitro benzene ring substituents is 2. The third-order valence-electron chi connectivity index (χ3n) is 5.80. The van der Waals surface area contributed by atoms with Crippen LogP contribution in [-0.4, -0.2) is 38.5 Å². The molecule has 1 unspecified atom stereocenters. The predicted octanol–water partition coefficient (Wildman–Crippen LogP) is 3.85. The number of anilines is 2. The van der Waals surface area contributed by atoms with Gasteiger partial charge < -0.3 is 10.4 Å². The molecule has 0 fully saturated rings. The van der Waals surface area contributed by atoms with Crippen molar-refractivity contribution in [3.05, 3.63) is 110 Å². The molecule has 2 aliphatic heterocycles. The average molecular weight is 485 g/mol. The second-order valence-corrected chi connectivity index (χ2v) is 7.90. The van der Waals surface area contributed by atoms with E-state index in [4.69, 9.17) is 0 Å². The summed E-state index contributed by atoms with van der Waals surface area (Å²) in [7, 11) is 0. The third kappa shape index (κ3) is 3.62. The van der Waals surface area contributed by atoms with Gasteiger partial charge in [0.2, 0.25) is 5.78 Å². The zero-order valence-electron chi connectivity index (χ0n) is 18.2. The fourth-order valence-corrected chi connectivity index (χ4v) is 4.23. The molecule has 0 aromatic heterocycles. The number of aliphatic carboxylic acids is 1. The largest absolute Gasteiger partial charge is 0.476 e. The molecule has 0 amide bonds. The Morgan fingerprint density at radius 2 is 1.64 bits per heavy atom.